The highest BCUT2D eigenvalue weighted by atomic mass is 16.5. The predicted molar refractivity (Wildman–Crippen MR) is 132 cm³/mol. The number of methoxy groups -OCH3 is 1. The molecule has 35 heavy (non-hydrogen) atoms. The van der Waals surface area contributed by atoms with Crippen LogP contribution in [0.1, 0.15) is 50.7 Å². The minimum atomic E-state index is -1.58. The second-order valence-electron chi connectivity index (χ2n) is 9.00. The normalized spacial score (nSPS) is 15.8. The summed E-state index contributed by atoms with van der Waals surface area (Å²) in [5.74, 6) is -2.14. The van der Waals surface area contributed by atoms with Crippen LogP contribution in [0.4, 0.5) is 4.79 Å². The van der Waals surface area contributed by atoms with E-state index in [4.69, 9.17) is 9.47 Å². The molecule has 0 heterocycles. The summed E-state index contributed by atoms with van der Waals surface area (Å²) in [6.07, 6.45) is -0.00495. The fraction of sp³-hybridized carbons (Fsp3) is 0.444. The molecule has 0 bridgehead atoms. The van der Waals surface area contributed by atoms with E-state index in [2.05, 4.69) is 22.8 Å². The zero-order chi connectivity index (χ0) is 25.6. The Morgan fingerprint density at radius 3 is 2.09 bits per heavy atom. The summed E-state index contributed by atoms with van der Waals surface area (Å²) in [5, 5.41) is 15.0. The number of carbonyl (C=O) groups is 3. The molecular weight excluding hydrogens is 448 g/mol. The number of hydrogen-bond donors (Lipinski definition) is 3. The molecule has 3 rings (SSSR count). The van der Waals surface area contributed by atoms with Gasteiger partial charge in [-0.15, -0.1) is 0 Å². The molecule has 3 atom stereocenters. The molecule has 0 aliphatic heterocycles. The summed E-state index contributed by atoms with van der Waals surface area (Å²) in [4.78, 5) is 37.8. The van der Waals surface area contributed by atoms with Crippen LogP contribution in [0.2, 0.25) is 0 Å². The van der Waals surface area contributed by atoms with Crippen LogP contribution in [0, 0.1) is 5.92 Å². The lowest BCUT2D eigenvalue weighted by atomic mass is 9.93. The standard InChI is InChI=1S/C27H34N2O6/c1-5-17(3)23(24(30)29-27(6-2,16-34-4)25(31)32)28-26(33)35-15-22-20-13-9-7-11-18(20)19-12-8-10-14-21(19)22/h7-14,17,22-23H,5-6,15-16H2,1-4H3,(H,28,33)(H,29,30)(H,31,32)/t17-,23-,27?/m0/s1. The molecule has 8 nitrogen and oxygen atoms in total. The lowest BCUT2D eigenvalue weighted by molar-refractivity contribution is -0.151. The van der Waals surface area contributed by atoms with Crippen molar-refractivity contribution in [1.82, 2.24) is 10.6 Å². The minimum absolute atomic E-state index is 0.106. The number of hydrogen-bond acceptors (Lipinski definition) is 5. The number of amides is 2. The Bertz CT molecular complexity index is 1030. The highest BCUT2D eigenvalue weighted by Crippen LogP contribution is 2.44. The highest BCUT2D eigenvalue weighted by molar-refractivity contribution is 5.91. The molecule has 1 unspecified atom stereocenters. The van der Waals surface area contributed by atoms with E-state index in [0.29, 0.717) is 6.42 Å². The number of aliphatic carboxylic acids is 1. The molecule has 0 saturated carbocycles. The van der Waals surface area contributed by atoms with Crippen LogP contribution in [0.15, 0.2) is 48.5 Å². The Kier molecular flexibility index (Phi) is 8.51. The van der Waals surface area contributed by atoms with Crippen LogP contribution in [0.5, 0.6) is 0 Å². The molecule has 2 aromatic carbocycles. The first-order valence-electron chi connectivity index (χ1n) is 11.9. The van der Waals surface area contributed by atoms with Gasteiger partial charge in [-0.3, -0.25) is 4.79 Å². The van der Waals surface area contributed by atoms with Gasteiger partial charge in [0.15, 0.2) is 5.54 Å². The maximum absolute atomic E-state index is 13.1. The van der Waals surface area contributed by atoms with Gasteiger partial charge in [-0.2, -0.15) is 0 Å². The Hall–Kier alpha value is -3.39. The quantitative estimate of drug-likeness (QED) is 0.447. The maximum Gasteiger partial charge on any atom is 0.407 e. The van der Waals surface area contributed by atoms with Crippen LogP contribution in [0.25, 0.3) is 11.1 Å². The Balaban J connectivity index is 1.72. The molecule has 1 aliphatic rings. The van der Waals surface area contributed by atoms with Gasteiger partial charge in [0, 0.05) is 13.0 Å². The van der Waals surface area contributed by atoms with Crippen molar-refractivity contribution in [3.63, 3.8) is 0 Å². The van der Waals surface area contributed by atoms with Crippen LogP contribution >= 0.6 is 0 Å². The number of fused-ring (bicyclic) bond motifs is 3. The monoisotopic (exact) mass is 482 g/mol. The SMILES string of the molecule is CC[C@H](C)[C@H](NC(=O)OCC1c2ccccc2-c2ccccc21)C(=O)NC(CC)(COC)C(=O)O. The lowest BCUT2D eigenvalue weighted by Crippen LogP contribution is -2.62. The van der Waals surface area contributed by atoms with Crippen molar-refractivity contribution in [2.75, 3.05) is 20.3 Å². The van der Waals surface area contributed by atoms with Gasteiger partial charge in [-0.05, 0) is 34.6 Å². The lowest BCUT2D eigenvalue weighted by Gasteiger charge is -2.32. The first-order valence-corrected chi connectivity index (χ1v) is 11.9. The minimum Gasteiger partial charge on any atom is -0.479 e. The third kappa shape index (κ3) is 5.48. The van der Waals surface area contributed by atoms with Crippen molar-refractivity contribution >= 4 is 18.0 Å². The largest absolute Gasteiger partial charge is 0.479 e. The number of carboxylic acids is 1. The zero-order valence-electron chi connectivity index (χ0n) is 20.7. The molecule has 0 aromatic heterocycles. The molecule has 0 saturated heterocycles. The Labute approximate surface area is 206 Å². The molecule has 0 spiro atoms. The summed E-state index contributed by atoms with van der Waals surface area (Å²) < 4.78 is 10.6. The summed E-state index contributed by atoms with van der Waals surface area (Å²) >= 11 is 0. The van der Waals surface area contributed by atoms with Crippen molar-refractivity contribution < 1.29 is 29.0 Å². The second-order valence-corrected chi connectivity index (χ2v) is 9.00. The summed E-state index contributed by atoms with van der Waals surface area (Å²) in [6, 6.07) is 15.1. The smallest absolute Gasteiger partial charge is 0.407 e. The van der Waals surface area contributed by atoms with Crippen molar-refractivity contribution in [3.05, 3.63) is 59.7 Å². The molecule has 2 aromatic rings. The van der Waals surface area contributed by atoms with Crippen LogP contribution < -0.4 is 10.6 Å². The number of benzene rings is 2. The summed E-state index contributed by atoms with van der Waals surface area (Å²) in [5.41, 5.74) is 2.84. The second kappa shape index (κ2) is 11.4. The fourth-order valence-corrected chi connectivity index (χ4v) is 4.52. The number of alkyl carbamates (subject to hydrolysis) is 1. The molecule has 3 N–H and O–H groups in total. The van der Waals surface area contributed by atoms with Crippen molar-refractivity contribution in [2.45, 2.75) is 51.1 Å². The number of carboxylic acid groups (broad SMARTS) is 1. The van der Waals surface area contributed by atoms with E-state index in [1.54, 1.807) is 6.92 Å². The molecule has 1 aliphatic carbocycles. The third-order valence-electron chi connectivity index (χ3n) is 6.88. The van der Waals surface area contributed by atoms with E-state index in [9.17, 15) is 19.5 Å². The number of nitrogens with one attached hydrogen (secondary N) is 2. The van der Waals surface area contributed by atoms with Gasteiger partial charge >= 0.3 is 12.1 Å². The molecular formula is C27H34N2O6. The molecule has 8 heteroatoms. The Morgan fingerprint density at radius 1 is 1.03 bits per heavy atom. The van der Waals surface area contributed by atoms with Gasteiger partial charge in [-0.25, -0.2) is 9.59 Å². The van der Waals surface area contributed by atoms with Crippen LogP contribution in [-0.2, 0) is 19.1 Å². The van der Waals surface area contributed by atoms with E-state index in [1.165, 1.54) is 7.11 Å². The number of rotatable bonds is 11. The van der Waals surface area contributed by atoms with Gasteiger partial charge < -0.3 is 25.2 Å². The first-order chi connectivity index (χ1) is 16.8. The van der Waals surface area contributed by atoms with E-state index < -0.39 is 29.6 Å². The average Bonchev–Trinajstić information content (AvgIpc) is 3.18. The van der Waals surface area contributed by atoms with Gasteiger partial charge in [0.05, 0.1) is 6.61 Å². The van der Waals surface area contributed by atoms with Crippen molar-refractivity contribution in [1.29, 1.82) is 0 Å². The van der Waals surface area contributed by atoms with E-state index >= 15 is 0 Å². The van der Waals surface area contributed by atoms with Gasteiger partial charge in [0.25, 0.3) is 0 Å². The average molecular weight is 483 g/mol. The predicted octanol–water partition coefficient (Wildman–Crippen LogP) is 3.94. The maximum atomic E-state index is 13.1. The number of carbonyl (C=O) groups excluding carboxylic acids is 2. The van der Waals surface area contributed by atoms with Gasteiger partial charge in [0.2, 0.25) is 5.91 Å². The first kappa shape index (κ1) is 26.2. The topological polar surface area (TPSA) is 114 Å². The van der Waals surface area contributed by atoms with E-state index in [-0.39, 0.29) is 31.5 Å². The van der Waals surface area contributed by atoms with E-state index in [1.807, 2.05) is 50.2 Å². The van der Waals surface area contributed by atoms with Crippen molar-refractivity contribution in [3.8, 4) is 11.1 Å². The molecule has 0 fully saturated rings. The van der Waals surface area contributed by atoms with Crippen LogP contribution in [-0.4, -0.2) is 55.0 Å². The molecule has 2 amide bonds. The summed E-state index contributed by atoms with van der Waals surface area (Å²) in [6.45, 7) is 5.29. The van der Waals surface area contributed by atoms with Crippen LogP contribution in [0.3, 0.4) is 0 Å². The summed E-state index contributed by atoms with van der Waals surface area (Å²) in [7, 11) is 1.38. The third-order valence-corrected chi connectivity index (χ3v) is 6.88. The zero-order valence-corrected chi connectivity index (χ0v) is 20.7. The van der Waals surface area contributed by atoms with Crippen molar-refractivity contribution in [2.24, 2.45) is 5.92 Å². The Morgan fingerprint density at radius 2 is 1.60 bits per heavy atom. The van der Waals surface area contributed by atoms with Gasteiger partial charge in [-0.1, -0.05) is 75.7 Å². The van der Waals surface area contributed by atoms with E-state index in [0.717, 1.165) is 22.3 Å². The highest BCUT2D eigenvalue weighted by Gasteiger charge is 2.41. The fourth-order valence-electron chi connectivity index (χ4n) is 4.52. The molecule has 188 valence electrons. The molecule has 0 radical (unpaired) electrons. The van der Waals surface area contributed by atoms with Gasteiger partial charge in [0.1, 0.15) is 12.6 Å². The number of ether oxygens (including phenoxy) is 2.